The lowest BCUT2D eigenvalue weighted by atomic mass is 9.83. The third-order valence-corrected chi connectivity index (χ3v) is 4.63. The van der Waals surface area contributed by atoms with E-state index < -0.39 is 0 Å². The van der Waals surface area contributed by atoms with Gasteiger partial charge in [0.25, 0.3) is 0 Å². The molecule has 0 aromatic rings. The molecule has 1 saturated heterocycles. The Kier molecular flexibility index (Phi) is 4.49. The van der Waals surface area contributed by atoms with Gasteiger partial charge in [0.1, 0.15) is 0 Å². The van der Waals surface area contributed by atoms with Gasteiger partial charge in [-0.2, -0.15) is 0 Å². The van der Waals surface area contributed by atoms with Crippen molar-refractivity contribution in [3.63, 3.8) is 0 Å². The number of hydrogen-bond acceptors (Lipinski definition) is 1. The van der Waals surface area contributed by atoms with Gasteiger partial charge < -0.3 is 5.32 Å². The van der Waals surface area contributed by atoms with Crippen molar-refractivity contribution in [1.29, 1.82) is 0 Å². The summed E-state index contributed by atoms with van der Waals surface area (Å²) in [6.45, 7) is 3.62. The molecule has 1 heterocycles. The summed E-state index contributed by atoms with van der Waals surface area (Å²) in [5.74, 6) is 2.05. The average molecular weight is 209 g/mol. The van der Waals surface area contributed by atoms with Gasteiger partial charge in [-0.1, -0.05) is 45.4 Å². The van der Waals surface area contributed by atoms with Gasteiger partial charge in [0, 0.05) is 6.04 Å². The van der Waals surface area contributed by atoms with Gasteiger partial charge in [-0.05, 0) is 37.6 Å². The molecule has 0 aromatic heterocycles. The Morgan fingerprint density at radius 3 is 2.53 bits per heavy atom. The molecule has 0 bridgehead atoms. The third kappa shape index (κ3) is 3.21. The first-order valence-corrected chi connectivity index (χ1v) is 7.13. The smallest absolute Gasteiger partial charge is 0.00958 e. The fourth-order valence-electron chi connectivity index (χ4n) is 3.54. The van der Waals surface area contributed by atoms with Crippen molar-refractivity contribution in [3.05, 3.63) is 0 Å². The predicted molar refractivity (Wildman–Crippen MR) is 66.0 cm³/mol. The minimum Gasteiger partial charge on any atom is -0.314 e. The first-order valence-electron chi connectivity index (χ1n) is 7.13. The molecule has 1 heteroatoms. The van der Waals surface area contributed by atoms with Crippen LogP contribution in [0.5, 0.6) is 0 Å². The lowest BCUT2D eigenvalue weighted by molar-refractivity contribution is 0.301. The van der Waals surface area contributed by atoms with E-state index in [0.29, 0.717) is 0 Å². The SMILES string of the molecule is CC[C@@H]1CCN[C@H]1CCC1CCCCC1. The molecule has 1 N–H and O–H groups in total. The van der Waals surface area contributed by atoms with Gasteiger partial charge in [-0.15, -0.1) is 0 Å². The molecule has 0 unspecified atom stereocenters. The maximum Gasteiger partial charge on any atom is 0.00958 e. The Hall–Kier alpha value is -0.0400. The lowest BCUT2D eigenvalue weighted by Gasteiger charge is -2.24. The summed E-state index contributed by atoms with van der Waals surface area (Å²) in [5.41, 5.74) is 0. The van der Waals surface area contributed by atoms with E-state index in [2.05, 4.69) is 12.2 Å². The number of rotatable bonds is 4. The molecule has 1 aliphatic heterocycles. The van der Waals surface area contributed by atoms with Crippen LogP contribution in [0.25, 0.3) is 0 Å². The van der Waals surface area contributed by atoms with Crippen molar-refractivity contribution < 1.29 is 0 Å². The molecule has 2 fully saturated rings. The van der Waals surface area contributed by atoms with Crippen LogP contribution in [0.2, 0.25) is 0 Å². The van der Waals surface area contributed by atoms with Crippen LogP contribution < -0.4 is 5.32 Å². The van der Waals surface area contributed by atoms with E-state index >= 15 is 0 Å². The fraction of sp³-hybridized carbons (Fsp3) is 1.00. The van der Waals surface area contributed by atoms with Crippen molar-refractivity contribution in [2.45, 2.75) is 70.8 Å². The zero-order valence-electron chi connectivity index (χ0n) is 10.3. The molecule has 0 spiro atoms. The highest BCUT2D eigenvalue weighted by Gasteiger charge is 2.25. The topological polar surface area (TPSA) is 12.0 Å². The Balaban J connectivity index is 1.67. The first kappa shape index (κ1) is 11.4. The molecule has 1 saturated carbocycles. The average Bonchev–Trinajstić information content (AvgIpc) is 2.75. The zero-order chi connectivity index (χ0) is 10.5. The molecule has 2 aliphatic rings. The normalized spacial score (nSPS) is 33.4. The molecule has 1 aliphatic carbocycles. The van der Waals surface area contributed by atoms with E-state index in [-0.39, 0.29) is 0 Å². The van der Waals surface area contributed by atoms with Gasteiger partial charge >= 0.3 is 0 Å². The molecule has 0 radical (unpaired) electrons. The van der Waals surface area contributed by atoms with Gasteiger partial charge in [0.15, 0.2) is 0 Å². The van der Waals surface area contributed by atoms with Gasteiger partial charge in [0.05, 0.1) is 0 Å². The van der Waals surface area contributed by atoms with Gasteiger partial charge in [-0.25, -0.2) is 0 Å². The van der Waals surface area contributed by atoms with E-state index in [1.54, 1.807) is 0 Å². The highest BCUT2D eigenvalue weighted by molar-refractivity contribution is 4.83. The lowest BCUT2D eigenvalue weighted by Crippen LogP contribution is -2.27. The summed E-state index contributed by atoms with van der Waals surface area (Å²) in [7, 11) is 0. The number of nitrogens with one attached hydrogen (secondary N) is 1. The summed E-state index contributed by atoms with van der Waals surface area (Å²) in [4.78, 5) is 0. The van der Waals surface area contributed by atoms with Crippen LogP contribution in [0, 0.1) is 11.8 Å². The molecule has 2 rings (SSSR count). The van der Waals surface area contributed by atoms with Crippen LogP contribution >= 0.6 is 0 Å². The van der Waals surface area contributed by atoms with Crippen molar-refractivity contribution >= 4 is 0 Å². The van der Waals surface area contributed by atoms with E-state index in [4.69, 9.17) is 0 Å². The monoisotopic (exact) mass is 209 g/mol. The van der Waals surface area contributed by atoms with Crippen molar-refractivity contribution in [2.75, 3.05) is 6.54 Å². The fourth-order valence-corrected chi connectivity index (χ4v) is 3.54. The maximum atomic E-state index is 3.70. The Bertz CT molecular complexity index is 172. The largest absolute Gasteiger partial charge is 0.314 e. The van der Waals surface area contributed by atoms with Gasteiger partial charge in [0.2, 0.25) is 0 Å². The molecule has 2 atom stereocenters. The third-order valence-electron chi connectivity index (χ3n) is 4.63. The molecular weight excluding hydrogens is 182 g/mol. The van der Waals surface area contributed by atoms with E-state index in [1.165, 1.54) is 64.3 Å². The molecule has 0 amide bonds. The molecule has 0 aromatic carbocycles. The molecule has 15 heavy (non-hydrogen) atoms. The minimum absolute atomic E-state index is 0.858. The summed E-state index contributed by atoms with van der Waals surface area (Å²) in [5, 5.41) is 3.70. The Morgan fingerprint density at radius 1 is 1.00 bits per heavy atom. The standard InChI is InChI=1S/C14H27N/c1-2-13-10-11-15-14(13)9-8-12-6-4-3-5-7-12/h12-15H,2-11H2,1H3/t13-,14+/m1/s1. The zero-order valence-corrected chi connectivity index (χ0v) is 10.3. The second-order valence-electron chi connectivity index (χ2n) is 5.60. The predicted octanol–water partition coefficient (Wildman–Crippen LogP) is 3.74. The van der Waals surface area contributed by atoms with E-state index in [1.807, 2.05) is 0 Å². The van der Waals surface area contributed by atoms with Crippen LogP contribution in [-0.4, -0.2) is 12.6 Å². The second-order valence-corrected chi connectivity index (χ2v) is 5.60. The highest BCUT2D eigenvalue weighted by atomic mass is 14.9. The maximum absolute atomic E-state index is 3.70. The summed E-state index contributed by atoms with van der Waals surface area (Å²) < 4.78 is 0. The van der Waals surface area contributed by atoms with Crippen LogP contribution in [0.4, 0.5) is 0 Å². The van der Waals surface area contributed by atoms with Crippen molar-refractivity contribution in [1.82, 2.24) is 5.32 Å². The number of hydrogen-bond donors (Lipinski definition) is 1. The van der Waals surface area contributed by atoms with Crippen LogP contribution in [0.15, 0.2) is 0 Å². The van der Waals surface area contributed by atoms with E-state index in [0.717, 1.165) is 17.9 Å². The van der Waals surface area contributed by atoms with Crippen LogP contribution in [-0.2, 0) is 0 Å². The van der Waals surface area contributed by atoms with Crippen LogP contribution in [0.1, 0.15) is 64.7 Å². The van der Waals surface area contributed by atoms with Crippen molar-refractivity contribution in [2.24, 2.45) is 11.8 Å². The van der Waals surface area contributed by atoms with Crippen LogP contribution in [0.3, 0.4) is 0 Å². The van der Waals surface area contributed by atoms with E-state index in [9.17, 15) is 0 Å². The second kappa shape index (κ2) is 5.89. The van der Waals surface area contributed by atoms with Gasteiger partial charge in [-0.3, -0.25) is 0 Å². The summed E-state index contributed by atoms with van der Waals surface area (Å²) in [6.07, 6.45) is 13.3. The summed E-state index contributed by atoms with van der Waals surface area (Å²) >= 11 is 0. The minimum atomic E-state index is 0.858. The highest BCUT2D eigenvalue weighted by Crippen LogP contribution is 2.30. The quantitative estimate of drug-likeness (QED) is 0.744. The first-order chi connectivity index (χ1) is 7.40. The summed E-state index contributed by atoms with van der Waals surface area (Å²) in [6, 6.07) is 0.858. The molecule has 1 nitrogen and oxygen atoms in total. The Labute approximate surface area is 95.0 Å². The Morgan fingerprint density at radius 2 is 1.80 bits per heavy atom. The van der Waals surface area contributed by atoms with Crippen molar-refractivity contribution in [3.8, 4) is 0 Å². The molecule has 88 valence electrons. The molecular formula is C14H27N.